The zero-order chi connectivity index (χ0) is 15.5. The molecule has 114 valence electrons. The molecule has 2 aromatic carbocycles. The van der Waals surface area contributed by atoms with E-state index in [1.54, 1.807) is 0 Å². The predicted molar refractivity (Wildman–Crippen MR) is 85.6 cm³/mol. The number of carbonyl (C=O) groups is 1. The van der Waals surface area contributed by atoms with E-state index in [9.17, 15) is 4.79 Å². The van der Waals surface area contributed by atoms with Gasteiger partial charge in [0.25, 0.3) is 0 Å². The van der Waals surface area contributed by atoms with Crippen molar-refractivity contribution < 1.29 is 14.3 Å². The van der Waals surface area contributed by atoms with Gasteiger partial charge in [0.1, 0.15) is 6.61 Å². The van der Waals surface area contributed by atoms with Crippen LogP contribution in [0, 0.1) is 13.8 Å². The van der Waals surface area contributed by atoms with Gasteiger partial charge in [-0.1, -0.05) is 35.4 Å². The topological polar surface area (TPSA) is 38.8 Å². The molecule has 22 heavy (non-hydrogen) atoms. The molecular formula is C18H19NO3. The Bertz CT molecular complexity index is 604. The first-order valence-electron chi connectivity index (χ1n) is 7.36. The normalized spacial score (nSPS) is 17.0. The molecule has 0 spiro atoms. The molecule has 4 nitrogen and oxygen atoms in total. The molecule has 4 heteroatoms. The number of benzene rings is 2. The number of aryl methyl sites for hydroxylation is 2. The van der Waals surface area contributed by atoms with Crippen LogP contribution in [0.15, 0.2) is 48.5 Å². The molecule has 0 radical (unpaired) electrons. The molecule has 0 aromatic heterocycles. The van der Waals surface area contributed by atoms with Crippen LogP contribution in [0.1, 0.15) is 11.1 Å². The molecule has 2 aromatic rings. The van der Waals surface area contributed by atoms with Crippen LogP contribution >= 0.6 is 0 Å². The summed E-state index contributed by atoms with van der Waals surface area (Å²) in [6.45, 7) is 4.99. The van der Waals surface area contributed by atoms with Gasteiger partial charge < -0.3 is 14.4 Å². The van der Waals surface area contributed by atoms with Crippen LogP contribution < -0.4 is 4.90 Å². The van der Waals surface area contributed by atoms with Crippen LogP contribution in [0.4, 0.5) is 16.2 Å². The van der Waals surface area contributed by atoms with Gasteiger partial charge in [-0.15, -0.1) is 0 Å². The Morgan fingerprint density at radius 3 is 1.86 bits per heavy atom. The standard InChI is InChI=1S/C18H19NO3/c1-13-3-7-15(8-4-13)19(11-17-12-21-18(20)22-17)16-9-5-14(2)6-10-16/h3-10,17H,11-12H2,1-2H3/t17-/m1/s1. The highest BCUT2D eigenvalue weighted by atomic mass is 16.8. The van der Waals surface area contributed by atoms with Crippen molar-refractivity contribution in [2.45, 2.75) is 20.0 Å². The average molecular weight is 297 g/mol. The first-order chi connectivity index (χ1) is 10.6. The molecular weight excluding hydrogens is 278 g/mol. The Morgan fingerprint density at radius 1 is 0.955 bits per heavy atom. The van der Waals surface area contributed by atoms with Gasteiger partial charge in [0, 0.05) is 11.4 Å². The number of ether oxygens (including phenoxy) is 2. The third-order valence-corrected chi connectivity index (χ3v) is 3.73. The van der Waals surface area contributed by atoms with Gasteiger partial charge in [0.2, 0.25) is 0 Å². The number of rotatable bonds is 4. The van der Waals surface area contributed by atoms with E-state index >= 15 is 0 Å². The molecule has 1 atom stereocenters. The molecule has 0 amide bonds. The van der Waals surface area contributed by atoms with Crippen molar-refractivity contribution in [1.29, 1.82) is 0 Å². The van der Waals surface area contributed by atoms with Crippen LogP contribution in [0.5, 0.6) is 0 Å². The van der Waals surface area contributed by atoms with E-state index in [1.807, 2.05) is 0 Å². The van der Waals surface area contributed by atoms with E-state index in [-0.39, 0.29) is 6.10 Å². The molecule has 1 saturated heterocycles. The summed E-state index contributed by atoms with van der Waals surface area (Å²) in [6.07, 6.45) is -0.840. The molecule has 1 heterocycles. The van der Waals surface area contributed by atoms with E-state index < -0.39 is 6.16 Å². The summed E-state index contributed by atoms with van der Waals surface area (Å²) in [5, 5.41) is 0. The second-order valence-electron chi connectivity index (χ2n) is 5.58. The minimum atomic E-state index is -0.585. The van der Waals surface area contributed by atoms with Crippen molar-refractivity contribution >= 4 is 17.5 Å². The zero-order valence-corrected chi connectivity index (χ0v) is 12.8. The summed E-state index contributed by atoms with van der Waals surface area (Å²) in [5.41, 5.74) is 4.56. The second-order valence-corrected chi connectivity index (χ2v) is 5.58. The van der Waals surface area contributed by atoms with Crippen LogP contribution in [-0.4, -0.2) is 25.4 Å². The van der Waals surface area contributed by atoms with Crippen LogP contribution in [0.3, 0.4) is 0 Å². The molecule has 0 bridgehead atoms. The number of carbonyl (C=O) groups excluding carboxylic acids is 1. The highest BCUT2D eigenvalue weighted by Crippen LogP contribution is 2.27. The fourth-order valence-corrected chi connectivity index (χ4v) is 2.47. The fourth-order valence-electron chi connectivity index (χ4n) is 2.47. The largest absolute Gasteiger partial charge is 0.508 e. The van der Waals surface area contributed by atoms with Gasteiger partial charge in [-0.3, -0.25) is 0 Å². The van der Waals surface area contributed by atoms with Crippen molar-refractivity contribution in [3.63, 3.8) is 0 Å². The van der Waals surface area contributed by atoms with E-state index in [1.165, 1.54) is 11.1 Å². The highest BCUT2D eigenvalue weighted by molar-refractivity contribution is 5.65. The molecule has 1 aliphatic heterocycles. The number of hydrogen-bond donors (Lipinski definition) is 0. The smallest absolute Gasteiger partial charge is 0.430 e. The number of nitrogens with zero attached hydrogens (tertiary/aromatic N) is 1. The Hall–Kier alpha value is -2.49. The third kappa shape index (κ3) is 3.22. The number of hydrogen-bond acceptors (Lipinski definition) is 4. The maximum Gasteiger partial charge on any atom is 0.508 e. The molecule has 0 aliphatic carbocycles. The predicted octanol–water partition coefficient (Wildman–Crippen LogP) is 3.98. The summed E-state index contributed by atoms with van der Waals surface area (Å²) in [7, 11) is 0. The van der Waals surface area contributed by atoms with Crippen molar-refractivity contribution in [2.75, 3.05) is 18.1 Å². The summed E-state index contributed by atoms with van der Waals surface area (Å²) in [4.78, 5) is 13.3. The first-order valence-corrected chi connectivity index (χ1v) is 7.36. The van der Waals surface area contributed by atoms with Gasteiger partial charge >= 0.3 is 6.16 Å². The second kappa shape index (κ2) is 6.10. The van der Waals surface area contributed by atoms with Crippen molar-refractivity contribution in [1.82, 2.24) is 0 Å². The van der Waals surface area contributed by atoms with E-state index in [0.717, 1.165) is 11.4 Å². The van der Waals surface area contributed by atoms with E-state index in [2.05, 4.69) is 67.3 Å². The molecule has 3 rings (SSSR count). The Labute approximate surface area is 130 Å². The number of anilines is 2. The zero-order valence-electron chi connectivity index (χ0n) is 12.8. The summed E-state index contributed by atoms with van der Waals surface area (Å²) >= 11 is 0. The van der Waals surface area contributed by atoms with Crippen LogP contribution in [0.2, 0.25) is 0 Å². The lowest BCUT2D eigenvalue weighted by atomic mass is 10.1. The van der Waals surface area contributed by atoms with Crippen LogP contribution in [-0.2, 0) is 9.47 Å². The van der Waals surface area contributed by atoms with Gasteiger partial charge in [-0.2, -0.15) is 0 Å². The van der Waals surface area contributed by atoms with Crippen molar-refractivity contribution in [2.24, 2.45) is 0 Å². The summed E-state index contributed by atoms with van der Waals surface area (Å²) in [6, 6.07) is 16.6. The van der Waals surface area contributed by atoms with Gasteiger partial charge in [0.15, 0.2) is 6.10 Å². The van der Waals surface area contributed by atoms with Crippen LogP contribution in [0.25, 0.3) is 0 Å². The lowest BCUT2D eigenvalue weighted by molar-refractivity contribution is 0.119. The quantitative estimate of drug-likeness (QED) is 0.800. The molecule has 0 saturated carbocycles. The minimum absolute atomic E-state index is 0.255. The molecule has 0 unspecified atom stereocenters. The molecule has 1 fully saturated rings. The fraction of sp³-hybridized carbons (Fsp3) is 0.278. The maximum absolute atomic E-state index is 11.1. The van der Waals surface area contributed by atoms with Crippen molar-refractivity contribution in [3.05, 3.63) is 59.7 Å². The Morgan fingerprint density at radius 2 is 1.45 bits per heavy atom. The third-order valence-electron chi connectivity index (χ3n) is 3.73. The monoisotopic (exact) mass is 297 g/mol. The Kier molecular flexibility index (Phi) is 4.00. The first kappa shape index (κ1) is 14.4. The minimum Gasteiger partial charge on any atom is -0.430 e. The van der Waals surface area contributed by atoms with Gasteiger partial charge in [0.05, 0.1) is 6.54 Å². The number of cyclic esters (lactones) is 2. The van der Waals surface area contributed by atoms with Gasteiger partial charge in [-0.05, 0) is 38.1 Å². The lowest BCUT2D eigenvalue weighted by Gasteiger charge is -2.27. The van der Waals surface area contributed by atoms with E-state index in [4.69, 9.17) is 9.47 Å². The lowest BCUT2D eigenvalue weighted by Crippen LogP contribution is -2.30. The SMILES string of the molecule is Cc1ccc(N(C[C@@H]2COC(=O)O2)c2ccc(C)cc2)cc1. The van der Waals surface area contributed by atoms with Crippen molar-refractivity contribution in [3.8, 4) is 0 Å². The van der Waals surface area contributed by atoms with Gasteiger partial charge in [-0.25, -0.2) is 4.79 Å². The molecule has 0 N–H and O–H groups in total. The maximum atomic E-state index is 11.1. The highest BCUT2D eigenvalue weighted by Gasteiger charge is 2.27. The van der Waals surface area contributed by atoms with E-state index in [0.29, 0.717) is 13.2 Å². The Balaban J connectivity index is 1.89. The average Bonchev–Trinajstić information content (AvgIpc) is 2.92. The summed E-state index contributed by atoms with van der Waals surface area (Å²) < 4.78 is 10.1. The summed E-state index contributed by atoms with van der Waals surface area (Å²) in [5.74, 6) is 0. The molecule has 1 aliphatic rings.